The lowest BCUT2D eigenvalue weighted by molar-refractivity contribution is 0.796. The van der Waals surface area contributed by atoms with Crippen molar-refractivity contribution in [2.45, 2.75) is 33.6 Å². The average molecular weight is 309 g/mol. The van der Waals surface area contributed by atoms with Crippen LogP contribution in [-0.2, 0) is 0 Å². The van der Waals surface area contributed by atoms with Crippen molar-refractivity contribution in [1.82, 2.24) is 9.97 Å². The summed E-state index contributed by atoms with van der Waals surface area (Å²) >= 11 is 0. The molecule has 0 bridgehead atoms. The van der Waals surface area contributed by atoms with Gasteiger partial charge in [-0.3, -0.25) is 0 Å². The number of anilines is 3. The molecule has 0 aliphatic carbocycles. The zero-order valence-electron chi connectivity index (χ0n) is 14.2. The molecule has 0 radical (unpaired) electrons. The van der Waals surface area contributed by atoms with Crippen molar-refractivity contribution in [3.63, 3.8) is 0 Å². The van der Waals surface area contributed by atoms with Gasteiger partial charge in [0.2, 0.25) is 5.95 Å². The fourth-order valence-corrected chi connectivity index (χ4v) is 2.31. The third-order valence-corrected chi connectivity index (χ3v) is 3.66. The maximum absolute atomic E-state index is 9.01. The molecule has 0 spiro atoms. The molecule has 5 heteroatoms. The number of hydrogen-bond donors (Lipinski definition) is 1. The fourth-order valence-electron chi connectivity index (χ4n) is 2.31. The van der Waals surface area contributed by atoms with Crippen molar-refractivity contribution < 1.29 is 0 Å². The molecule has 1 N–H and O–H groups in total. The third-order valence-electron chi connectivity index (χ3n) is 3.66. The molecule has 0 atom stereocenters. The molecule has 23 heavy (non-hydrogen) atoms. The van der Waals surface area contributed by atoms with Crippen LogP contribution in [0.15, 0.2) is 30.3 Å². The van der Waals surface area contributed by atoms with Crippen LogP contribution < -0.4 is 10.2 Å². The number of nitrogens with zero attached hydrogens (tertiary/aromatic N) is 4. The van der Waals surface area contributed by atoms with Crippen molar-refractivity contribution in [3.05, 3.63) is 41.6 Å². The lowest BCUT2D eigenvalue weighted by atomic mass is 10.1. The Hall–Kier alpha value is -2.61. The summed E-state index contributed by atoms with van der Waals surface area (Å²) in [5, 5.41) is 12.2. The molecule has 0 aliphatic rings. The lowest BCUT2D eigenvalue weighted by Gasteiger charge is -2.21. The van der Waals surface area contributed by atoms with Crippen molar-refractivity contribution in [2.24, 2.45) is 0 Å². The fraction of sp³-hybridized carbons (Fsp3) is 0.389. The van der Waals surface area contributed by atoms with Gasteiger partial charge >= 0.3 is 0 Å². The van der Waals surface area contributed by atoms with Crippen molar-refractivity contribution in [3.8, 4) is 6.07 Å². The summed E-state index contributed by atoms with van der Waals surface area (Å²) in [4.78, 5) is 11.4. The smallest absolute Gasteiger partial charge is 0.229 e. The van der Waals surface area contributed by atoms with E-state index in [1.165, 1.54) is 0 Å². The van der Waals surface area contributed by atoms with Gasteiger partial charge in [0.1, 0.15) is 5.82 Å². The first-order valence-electron chi connectivity index (χ1n) is 7.98. The topological polar surface area (TPSA) is 64.8 Å². The van der Waals surface area contributed by atoms with Gasteiger partial charge in [-0.2, -0.15) is 10.2 Å². The molecule has 0 saturated carbocycles. The van der Waals surface area contributed by atoms with E-state index >= 15 is 0 Å². The molecule has 5 nitrogen and oxygen atoms in total. The predicted octanol–water partition coefficient (Wildman–Crippen LogP) is 4.06. The minimum Gasteiger partial charge on any atom is -0.357 e. The van der Waals surface area contributed by atoms with Crippen molar-refractivity contribution in [1.29, 1.82) is 5.26 Å². The van der Waals surface area contributed by atoms with Gasteiger partial charge in [-0.25, -0.2) is 4.98 Å². The van der Waals surface area contributed by atoms with Crippen LogP contribution >= 0.6 is 0 Å². The van der Waals surface area contributed by atoms with E-state index in [1.54, 1.807) is 12.1 Å². The molecule has 0 fully saturated rings. The van der Waals surface area contributed by atoms with E-state index in [-0.39, 0.29) is 0 Å². The van der Waals surface area contributed by atoms with Crippen LogP contribution in [0.3, 0.4) is 0 Å². The third kappa shape index (κ3) is 4.19. The van der Waals surface area contributed by atoms with Crippen LogP contribution in [0, 0.1) is 11.3 Å². The number of nitrogens with one attached hydrogen (secondary N) is 1. The molecule has 0 saturated heterocycles. The maximum atomic E-state index is 9.01. The first-order valence-corrected chi connectivity index (χ1v) is 7.98. The summed E-state index contributed by atoms with van der Waals surface area (Å²) in [5.74, 6) is 1.80. The molecule has 0 amide bonds. The van der Waals surface area contributed by atoms with Crippen LogP contribution in [0.5, 0.6) is 0 Å². The monoisotopic (exact) mass is 309 g/mol. The van der Waals surface area contributed by atoms with Gasteiger partial charge in [0.05, 0.1) is 17.3 Å². The second-order valence-electron chi connectivity index (χ2n) is 5.62. The number of nitriles is 1. The Balaban J connectivity index is 2.38. The van der Waals surface area contributed by atoms with E-state index in [9.17, 15) is 0 Å². The largest absolute Gasteiger partial charge is 0.357 e. The summed E-state index contributed by atoms with van der Waals surface area (Å²) in [7, 11) is 0. The number of benzene rings is 1. The Labute approximate surface area is 138 Å². The van der Waals surface area contributed by atoms with Crippen molar-refractivity contribution in [2.75, 3.05) is 23.3 Å². The Bertz CT molecular complexity index is 699. The Kier molecular flexibility index (Phi) is 5.53. The SMILES string of the molecule is CCN(CC)c1cc(C(C)C)nc(Nc2cccc(C#N)c2)n1. The maximum Gasteiger partial charge on any atom is 0.229 e. The lowest BCUT2D eigenvalue weighted by Crippen LogP contribution is -2.23. The van der Waals surface area contributed by atoms with Crippen LogP contribution in [0.25, 0.3) is 0 Å². The quantitative estimate of drug-likeness (QED) is 0.871. The molecule has 0 aliphatic heterocycles. The highest BCUT2D eigenvalue weighted by Crippen LogP contribution is 2.22. The molecule has 1 aromatic heterocycles. The molecular formula is C18H23N5. The Morgan fingerprint density at radius 3 is 2.52 bits per heavy atom. The van der Waals surface area contributed by atoms with Gasteiger partial charge < -0.3 is 10.2 Å². The molecule has 0 unspecified atom stereocenters. The van der Waals surface area contributed by atoms with E-state index in [4.69, 9.17) is 5.26 Å². The van der Waals surface area contributed by atoms with E-state index in [1.807, 2.05) is 12.1 Å². The molecule has 2 rings (SSSR count). The molecular weight excluding hydrogens is 286 g/mol. The van der Waals surface area contributed by atoms with Crippen molar-refractivity contribution >= 4 is 17.5 Å². The molecule has 1 aromatic carbocycles. The van der Waals surface area contributed by atoms with Crippen LogP contribution in [-0.4, -0.2) is 23.1 Å². The predicted molar refractivity (Wildman–Crippen MR) is 94.1 cm³/mol. The van der Waals surface area contributed by atoms with Crippen LogP contribution in [0.1, 0.15) is 44.9 Å². The Morgan fingerprint density at radius 2 is 1.91 bits per heavy atom. The number of aromatic nitrogens is 2. The van der Waals surface area contributed by atoms with E-state index in [2.05, 4.69) is 60.0 Å². The van der Waals surface area contributed by atoms with Crippen LogP contribution in [0.2, 0.25) is 0 Å². The molecule has 120 valence electrons. The van der Waals surface area contributed by atoms with Gasteiger partial charge in [0.25, 0.3) is 0 Å². The highest BCUT2D eigenvalue weighted by molar-refractivity contribution is 5.58. The normalized spacial score (nSPS) is 10.4. The summed E-state index contributed by atoms with van der Waals surface area (Å²) in [6.07, 6.45) is 0. The summed E-state index contributed by atoms with van der Waals surface area (Å²) < 4.78 is 0. The highest BCUT2D eigenvalue weighted by Gasteiger charge is 2.11. The Morgan fingerprint density at radius 1 is 1.17 bits per heavy atom. The van der Waals surface area contributed by atoms with E-state index in [0.29, 0.717) is 17.4 Å². The average Bonchev–Trinajstić information content (AvgIpc) is 2.56. The number of hydrogen-bond acceptors (Lipinski definition) is 5. The van der Waals surface area contributed by atoms with Gasteiger partial charge in [-0.15, -0.1) is 0 Å². The van der Waals surface area contributed by atoms with E-state index in [0.717, 1.165) is 30.3 Å². The molecule has 2 aromatic rings. The van der Waals surface area contributed by atoms with E-state index < -0.39 is 0 Å². The van der Waals surface area contributed by atoms with Crippen LogP contribution in [0.4, 0.5) is 17.5 Å². The second kappa shape index (κ2) is 7.59. The standard InChI is InChI=1S/C18H23N5/c1-5-23(6-2)17-11-16(13(3)4)21-18(22-17)20-15-9-7-8-14(10-15)12-19/h7-11,13H,5-6H2,1-4H3,(H,20,21,22). The van der Waals surface area contributed by atoms with Gasteiger partial charge in [0, 0.05) is 24.8 Å². The first kappa shape index (κ1) is 16.8. The zero-order valence-corrected chi connectivity index (χ0v) is 14.2. The highest BCUT2D eigenvalue weighted by atomic mass is 15.2. The first-order chi connectivity index (χ1) is 11.1. The minimum atomic E-state index is 0.318. The summed E-state index contributed by atoms with van der Waals surface area (Å²) in [6, 6.07) is 11.5. The molecule has 1 heterocycles. The second-order valence-corrected chi connectivity index (χ2v) is 5.62. The minimum absolute atomic E-state index is 0.318. The van der Waals surface area contributed by atoms with Gasteiger partial charge in [-0.1, -0.05) is 19.9 Å². The number of rotatable bonds is 6. The zero-order chi connectivity index (χ0) is 16.8. The summed E-state index contributed by atoms with van der Waals surface area (Å²) in [6.45, 7) is 10.3. The van der Waals surface area contributed by atoms with Gasteiger partial charge in [0.15, 0.2) is 0 Å². The van der Waals surface area contributed by atoms with Gasteiger partial charge in [-0.05, 0) is 38.0 Å². The summed E-state index contributed by atoms with van der Waals surface area (Å²) in [5.41, 5.74) is 2.43.